The third kappa shape index (κ3) is 5.21. The Balaban J connectivity index is 2.71. The van der Waals surface area contributed by atoms with E-state index in [9.17, 15) is 4.79 Å². The summed E-state index contributed by atoms with van der Waals surface area (Å²) in [6.07, 6.45) is 0. The molecule has 1 aromatic carbocycles. The number of carbonyl (C=O) groups excluding carboxylic acids is 1. The fourth-order valence-electron chi connectivity index (χ4n) is 2.17. The second-order valence-corrected chi connectivity index (χ2v) is 6.18. The summed E-state index contributed by atoms with van der Waals surface area (Å²) in [7, 11) is 1.92. The molecule has 1 rings (SSSR count). The van der Waals surface area contributed by atoms with Crippen LogP contribution in [0.15, 0.2) is 12.1 Å². The predicted molar refractivity (Wildman–Crippen MR) is 82.1 cm³/mol. The quantitative estimate of drug-likeness (QED) is 0.869. The molecular formula is C16H26N2O2. The minimum Gasteiger partial charge on any atom is -0.483 e. The van der Waals surface area contributed by atoms with Crippen molar-refractivity contribution >= 4 is 5.91 Å². The molecule has 1 aromatic rings. The van der Waals surface area contributed by atoms with Crippen molar-refractivity contribution in [1.82, 2.24) is 10.6 Å². The summed E-state index contributed by atoms with van der Waals surface area (Å²) in [6.45, 7) is 10.7. The van der Waals surface area contributed by atoms with Crippen molar-refractivity contribution in [2.75, 3.05) is 13.7 Å². The largest absolute Gasteiger partial charge is 0.483 e. The van der Waals surface area contributed by atoms with Crippen LogP contribution >= 0.6 is 0 Å². The third-order valence-corrected chi connectivity index (χ3v) is 2.76. The smallest absolute Gasteiger partial charge is 0.258 e. The van der Waals surface area contributed by atoms with Crippen LogP contribution in [-0.4, -0.2) is 25.1 Å². The maximum Gasteiger partial charge on any atom is 0.258 e. The fourth-order valence-corrected chi connectivity index (χ4v) is 2.17. The number of hydrogen-bond acceptors (Lipinski definition) is 3. The molecule has 0 aliphatic carbocycles. The highest BCUT2D eigenvalue weighted by Crippen LogP contribution is 2.24. The van der Waals surface area contributed by atoms with E-state index in [1.807, 2.05) is 41.7 Å². The maximum absolute atomic E-state index is 11.8. The Hall–Kier alpha value is -1.55. The Morgan fingerprint density at radius 1 is 1.20 bits per heavy atom. The van der Waals surface area contributed by atoms with Gasteiger partial charge >= 0.3 is 0 Å². The number of hydrogen-bond donors (Lipinski definition) is 2. The monoisotopic (exact) mass is 278 g/mol. The van der Waals surface area contributed by atoms with Gasteiger partial charge in [0.1, 0.15) is 5.75 Å². The van der Waals surface area contributed by atoms with E-state index < -0.39 is 0 Å². The van der Waals surface area contributed by atoms with E-state index >= 15 is 0 Å². The zero-order valence-electron chi connectivity index (χ0n) is 13.4. The van der Waals surface area contributed by atoms with Crippen molar-refractivity contribution in [1.29, 1.82) is 0 Å². The van der Waals surface area contributed by atoms with E-state index in [0.29, 0.717) is 0 Å². The minimum atomic E-state index is -0.235. The summed E-state index contributed by atoms with van der Waals surface area (Å²) in [5, 5.41) is 6.01. The first-order valence-electron chi connectivity index (χ1n) is 6.91. The van der Waals surface area contributed by atoms with Crippen molar-refractivity contribution in [3.8, 4) is 5.75 Å². The molecule has 0 heterocycles. The van der Waals surface area contributed by atoms with Crippen LogP contribution in [0.25, 0.3) is 0 Å². The summed E-state index contributed by atoms with van der Waals surface area (Å²) < 4.78 is 5.68. The molecule has 0 bridgehead atoms. The zero-order valence-corrected chi connectivity index (χ0v) is 13.4. The number of rotatable bonds is 5. The molecule has 0 aromatic heterocycles. The molecule has 4 heteroatoms. The van der Waals surface area contributed by atoms with Gasteiger partial charge in [-0.3, -0.25) is 4.79 Å². The van der Waals surface area contributed by atoms with Crippen LogP contribution in [0.5, 0.6) is 5.75 Å². The van der Waals surface area contributed by atoms with Crippen LogP contribution in [0.1, 0.15) is 37.5 Å². The van der Waals surface area contributed by atoms with Crippen molar-refractivity contribution in [3.63, 3.8) is 0 Å². The first kappa shape index (κ1) is 16.5. The summed E-state index contributed by atoms with van der Waals surface area (Å²) >= 11 is 0. The van der Waals surface area contributed by atoms with Crippen molar-refractivity contribution in [2.45, 2.75) is 46.7 Å². The van der Waals surface area contributed by atoms with Gasteiger partial charge in [0.2, 0.25) is 0 Å². The van der Waals surface area contributed by atoms with E-state index in [0.717, 1.165) is 23.4 Å². The second kappa shape index (κ2) is 6.75. The predicted octanol–water partition coefficient (Wildman–Crippen LogP) is 2.32. The summed E-state index contributed by atoms with van der Waals surface area (Å²) in [5.74, 6) is 0.699. The van der Waals surface area contributed by atoms with Crippen LogP contribution in [0.2, 0.25) is 0 Å². The number of aryl methyl sites for hydroxylation is 2. The topological polar surface area (TPSA) is 50.4 Å². The van der Waals surface area contributed by atoms with Crippen molar-refractivity contribution in [3.05, 3.63) is 28.8 Å². The van der Waals surface area contributed by atoms with Gasteiger partial charge in [-0.1, -0.05) is 12.1 Å². The maximum atomic E-state index is 11.8. The number of benzene rings is 1. The van der Waals surface area contributed by atoms with Crippen LogP contribution < -0.4 is 15.4 Å². The lowest BCUT2D eigenvalue weighted by molar-refractivity contribution is -0.124. The first-order valence-corrected chi connectivity index (χ1v) is 6.91. The summed E-state index contributed by atoms with van der Waals surface area (Å²) in [6, 6.07) is 4.17. The third-order valence-electron chi connectivity index (χ3n) is 2.76. The molecule has 0 aliphatic rings. The van der Waals surface area contributed by atoms with Gasteiger partial charge in [0.25, 0.3) is 5.91 Å². The van der Waals surface area contributed by atoms with Crippen molar-refractivity contribution in [2.24, 2.45) is 0 Å². The SMILES string of the molecule is CNCc1cc(C)c(OCC(=O)NC(C)(C)C)c(C)c1. The van der Waals surface area contributed by atoms with Gasteiger partial charge in [0.05, 0.1) is 0 Å². The zero-order chi connectivity index (χ0) is 15.3. The highest BCUT2D eigenvalue weighted by Gasteiger charge is 2.15. The molecule has 0 spiro atoms. The molecule has 0 aliphatic heterocycles. The van der Waals surface area contributed by atoms with Crippen LogP contribution in [0, 0.1) is 13.8 Å². The lowest BCUT2D eigenvalue weighted by Gasteiger charge is -2.21. The molecule has 0 saturated carbocycles. The Morgan fingerprint density at radius 2 is 1.75 bits per heavy atom. The van der Waals surface area contributed by atoms with Gasteiger partial charge < -0.3 is 15.4 Å². The number of amides is 1. The van der Waals surface area contributed by atoms with Crippen molar-refractivity contribution < 1.29 is 9.53 Å². The summed E-state index contributed by atoms with van der Waals surface area (Å²) in [4.78, 5) is 11.8. The van der Waals surface area contributed by atoms with Gasteiger partial charge in [-0.05, 0) is 58.4 Å². The van der Waals surface area contributed by atoms with Gasteiger partial charge in [-0.2, -0.15) is 0 Å². The molecule has 112 valence electrons. The van der Waals surface area contributed by atoms with E-state index in [-0.39, 0.29) is 18.1 Å². The molecule has 0 atom stereocenters. The standard InChI is InChI=1S/C16H26N2O2/c1-11-7-13(9-17-6)8-12(2)15(11)20-10-14(19)18-16(3,4)5/h7-8,17H,9-10H2,1-6H3,(H,18,19). The molecule has 1 amide bonds. The molecule has 4 nitrogen and oxygen atoms in total. The molecular weight excluding hydrogens is 252 g/mol. The van der Waals surface area contributed by atoms with Gasteiger partial charge in [-0.15, -0.1) is 0 Å². The summed E-state index contributed by atoms with van der Waals surface area (Å²) in [5.41, 5.74) is 3.09. The average molecular weight is 278 g/mol. The van der Waals surface area contributed by atoms with E-state index in [1.165, 1.54) is 5.56 Å². The molecule has 2 N–H and O–H groups in total. The van der Waals surface area contributed by atoms with Crippen LogP contribution in [0.4, 0.5) is 0 Å². The highest BCUT2D eigenvalue weighted by molar-refractivity contribution is 5.78. The number of carbonyl (C=O) groups is 1. The van der Waals surface area contributed by atoms with Gasteiger partial charge in [0.15, 0.2) is 6.61 Å². The van der Waals surface area contributed by atoms with Gasteiger partial charge in [-0.25, -0.2) is 0 Å². The average Bonchev–Trinajstić information content (AvgIpc) is 2.25. The Kier molecular flexibility index (Phi) is 5.57. The second-order valence-electron chi connectivity index (χ2n) is 6.18. The highest BCUT2D eigenvalue weighted by atomic mass is 16.5. The number of nitrogens with one attached hydrogen (secondary N) is 2. The van der Waals surface area contributed by atoms with Crippen LogP contribution in [-0.2, 0) is 11.3 Å². The molecule has 0 radical (unpaired) electrons. The normalized spacial score (nSPS) is 11.3. The number of ether oxygens (including phenoxy) is 1. The van der Waals surface area contributed by atoms with E-state index in [4.69, 9.17) is 4.74 Å². The fraction of sp³-hybridized carbons (Fsp3) is 0.562. The molecule has 0 fully saturated rings. The lowest BCUT2D eigenvalue weighted by atomic mass is 10.1. The Labute approximate surface area is 121 Å². The Morgan fingerprint density at radius 3 is 2.20 bits per heavy atom. The minimum absolute atomic E-state index is 0.0460. The molecule has 0 saturated heterocycles. The van der Waals surface area contributed by atoms with Gasteiger partial charge in [0, 0.05) is 12.1 Å². The van der Waals surface area contributed by atoms with Crippen LogP contribution in [0.3, 0.4) is 0 Å². The molecule has 20 heavy (non-hydrogen) atoms. The van der Waals surface area contributed by atoms with E-state index in [2.05, 4.69) is 22.8 Å². The lowest BCUT2D eigenvalue weighted by Crippen LogP contribution is -2.43. The van der Waals surface area contributed by atoms with E-state index in [1.54, 1.807) is 0 Å². The first-order chi connectivity index (χ1) is 9.23. The Bertz CT molecular complexity index is 453. The molecule has 0 unspecified atom stereocenters.